The Morgan fingerprint density at radius 3 is 2.68 bits per heavy atom. The highest BCUT2D eigenvalue weighted by molar-refractivity contribution is 8.14. The van der Waals surface area contributed by atoms with E-state index in [1.165, 1.54) is 17.0 Å². The molecule has 1 amide bonds. The molecule has 0 saturated carbocycles. The standard InChI is InChI=1S/C24H29FN4O4S/c1-14-27-18-12-29(13-21(18)34-14)24(33)23(32)22(31)20(30)5-2-15-6-8-28(9-7-15)19-4-3-17(25)10-16(19)11-26/h3-4,10,15,18,21-23,31-32H,2,5-9,12-13H2,1H3/t18?,21?,22-,23+/m0/s1. The van der Waals surface area contributed by atoms with Crippen molar-refractivity contribution >= 4 is 34.2 Å². The Hall–Kier alpha value is -2.48. The van der Waals surface area contributed by atoms with Crippen molar-refractivity contribution < 1.29 is 24.2 Å². The Morgan fingerprint density at radius 2 is 2.00 bits per heavy atom. The molecule has 3 aliphatic heterocycles. The first-order valence-corrected chi connectivity index (χ1v) is 12.5. The molecule has 2 saturated heterocycles. The third kappa shape index (κ3) is 5.27. The summed E-state index contributed by atoms with van der Waals surface area (Å²) in [5.74, 6) is -1.34. The molecule has 2 unspecified atom stereocenters. The zero-order valence-corrected chi connectivity index (χ0v) is 19.9. The van der Waals surface area contributed by atoms with Gasteiger partial charge in [0.25, 0.3) is 5.91 Å². The average molecular weight is 489 g/mol. The van der Waals surface area contributed by atoms with Gasteiger partial charge in [-0.2, -0.15) is 5.26 Å². The zero-order valence-electron chi connectivity index (χ0n) is 19.1. The first kappa shape index (κ1) is 24.6. The number of halogens is 1. The van der Waals surface area contributed by atoms with E-state index in [-0.39, 0.29) is 23.6 Å². The number of carbonyl (C=O) groups is 2. The SMILES string of the molecule is CC1=NC2CN(C(=O)[C@H](O)[C@@H](O)C(=O)CCC3CCN(c4ccc(F)cc4C#N)CC3)CC2S1. The number of hydrogen-bond acceptors (Lipinski definition) is 8. The highest BCUT2D eigenvalue weighted by atomic mass is 32.2. The topological polar surface area (TPSA) is 117 Å². The number of Topliss-reactive ketones (excluding diaryl/α,β-unsaturated/α-hetero) is 1. The van der Waals surface area contributed by atoms with Gasteiger partial charge in [0.1, 0.15) is 18.0 Å². The number of ketones is 1. The minimum absolute atomic E-state index is 0.0130. The number of amides is 1. The van der Waals surface area contributed by atoms with Gasteiger partial charge >= 0.3 is 0 Å². The van der Waals surface area contributed by atoms with E-state index in [2.05, 4.69) is 4.99 Å². The first-order valence-electron chi connectivity index (χ1n) is 11.6. The lowest BCUT2D eigenvalue weighted by molar-refractivity contribution is -0.151. The summed E-state index contributed by atoms with van der Waals surface area (Å²) in [5, 5.41) is 31.1. The molecule has 0 aliphatic carbocycles. The largest absolute Gasteiger partial charge is 0.382 e. The number of rotatable bonds is 7. The van der Waals surface area contributed by atoms with Gasteiger partial charge in [-0.1, -0.05) is 0 Å². The number of piperidine rings is 1. The van der Waals surface area contributed by atoms with Gasteiger partial charge in [-0.05, 0) is 50.3 Å². The summed E-state index contributed by atoms with van der Waals surface area (Å²) in [6.45, 7) is 4.14. The zero-order chi connectivity index (χ0) is 24.4. The lowest BCUT2D eigenvalue weighted by atomic mass is 9.89. The number of fused-ring (bicyclic) bond motifs is 1. The van der Waals surface area contributed by atoms with E-state index in [4.69, 9.17) is 0 Å². The van der Waals surface area contributed by atoms with E-state index >= 15 is 0 Å². The van der Waals surface area contributed by atoms with Crippen molar-refractivity contribution in [2.24, 2.45) is 10.9 Å². The van der Waals surface area contributed by atoms with Gasteiger partial charge in [0.05, 0.1) is 27.6 Å². The molecule has 3 aliphatic rings. The van der Waals surface area contributed by atoms with E-state index in [1.807, 2.05) is 17.9 Å². The van der Waals surface area contributed by atoms with E-state index in [9.17, 15) is 29.5 Å². The van der Waals surface area contributed by atoms with E-state index in [1.54, 1.807) is 17.8 Å². The molecule has 4 rings (SSSR count). The number of benzene rings is 1. The van der Waals surface area contributed by atoms with Crippen LogP contribution in [0.4, 0.5) is 10.1 Å². The second-order valence-electron chi connectivity index (χ2n) is 9.21. The molecule has 182 valence electrons. The molecule has 0 bridgehead atoms. The third-order valence-electron chi connectivity index (χ3n) is 6.93. The number of likely N-dealkylation sites (tertiary alicyclic amines) is 1. The molecule has 0 aromatic heterocycles. The Labute approximate surface area is 202 Å². The summed E-state index contributed by atoms with van der Waals surface area (Å²) in [4.78, 5) is 33.1. The summed E-state index contributed by atoms with van der Waals surface area (Å²) in [6, 6.07) is 6.24. The van der Waals surface area contributed by atoms with Crippen LogP contribution in [0, 0.1) is 23.1 Å². The number of aliphatic hydroxyl groups excluding tert-OH is 2. The normalized spacial score (nSPS) is 24.4. The molecule has 2 fully saturated rings. The predicted molar refractivity (Wildman–Crippen MR) is 127 cm³/mol. The van der Waals surface area contributed by atoms with Gasteiger partial charge in [0, 0.05) is 32.6 Å². The molecule has 4 atom stereocenters. The van der Waals surface area contributed by atoms with Crippen LogP contribution in [-0.2, 0) is 9.59 Å². The highest BCUT2D eigenvalue weighted by Gasteiger charge is 2.42. The smallest absolute Gasteiger partial charge is 0.254 e. The van der Waals surface area contributed by atoms with Crippen LogP contribution in [0.15, 0.2) is 23.2 Å². The number of aliphatic imine (C=N–C) groups is 1. The second-order valence-corrected chi connectivity index (χ2v) is 10.6. The second kappa shape index (κ2) is 10.4. The summed E-state index contributed by atoms with van der Waals surface area (Å²) in [5.41, 5.74) is 1.01. The summed E-state index contributed by atoms with van der Waals surface area (Å²) < 4.78 is 13.4. The van der Waals surface area contributed by atoms with E-state index in [0.717, 1.165) is 17.9 Å². The van der Waals surface area contributed by atoms with Gasteiger partial charge in [0.15, 0.2) is 11.9 Å². The van der Waals surface area contributed by atoms with Crippen molar-refractivity contribution in [3.05, 3.63) is 29.6 Å². The van der Waals surface area contributed by atoms with Gasteiger partial charge in [0.2, 0.25) is 0 Å². The van der Waals surface area contributed by atoms with Crippen molar-refractivity contribution in [2.75, 3.05) is 31.1 Å². The Morgan fingerprint density at radius 1 is 1.26 bits per heavy atom. The average Bonchev–Trinajstić information content (AvgIpc) is 3.39. The van der Waals surface area contributed by atoms with Crippen LogP contribution in [0.2, 0.25) is 0 Å². The third-order valence-corrected chi connectivity index (χ3v) is 8.15. The van der Waals surface area contributed by atoms with Crippen molar-refractivity contribution in [3.8, 4) is 6.07 Å². The Balaban J connectivity index is 1.23. The summed E-state index contributed by atoms with van der Waals surface area (Å²) in [6.07, 6.45) is -1.27. The molecular weight excluding hydrogens is 459 g/mol. The number of anilines is 1. The number of thioether (sulfide) groups is 1. The van der Waals surface area contributed by atoms with Gasteiger partial charge < -0.3 is 20.0 Å². The van der Waals surface area contributed by atoms with Crippen LogP contribution in [0.3, 0.4) is 0 Å². The highest BCUT2D eigenvalue weighted by Crippen LogP contribution is 2.33. The van der Waals surface area contributed by atoms with E-state index < -0.39 is 29.7 Å². The lowest BCUT2D eigenvalue weighted by Crippen LogP contribution is -2.47. The molecule has 34 heavy (non-hydrogen) atoms. The fraction of sp³-hybridized carbons (Fsp3) is 0.583. The van der Waals surface area contributed by atoms with Crippen molar-refractivity contribution in [1.29, 1.82) is 5.26 Å². The molecule has 3 heterocycles. The maximum atomic E-state index is 13.4. The molecule has 0 spiro atoms. The maximum absolute atomic E-state index is 13.4. The predicted octanol–water partition coefficient (Wildman–Crippen LogP) is 1.73. The van der Waals surface area contributed by atoms with Crippen LogP contribution in [0.1, 0.15) is 38.2 Å². The fourth-order valence-corrected chi connectivity index (χ4v) is 6.18. The van der Waals surface area contributed by atoms with Gasteiger partial charge in [-0.15, -0.1) is 11.8 Å². The quantitative estimate of drug-likeness (QED) is 0.600. The number of nitrogens with zero attached hydrogens (tertiary/aromatic N) is 4. The molecule has 1 aromatic rings. The summed E-state index contributed by atoms with van der Waals surface area (Å²) in [7, 11) is 0. The molecular formula is C24H29FN4O4S. The van der Waals surface area contributed by atoms with Crippen LogP contribution in [0.25, 0.3) is 0 Å². The number of carbonyl (C=O) groups excluding carboxylic acids is 2. The summed E-state index contributed by atoms with van der Waals surface area (Å²) >= 11 is 1.62. The number of nitriles is 1. The maximum Gasteiger partial charge on any atom is 0.254 e. The van der Waals surface area contributed by atoms with Crippen LogP contribution in [-0.4, -0.2) is 81.5 Å². The van der Waals surface area contributed by atoms with E-state index in [0.29, 0.717) is 43.9 Å². The number of hydrogen-bond donors (Lipinski definition) is 2. The Kier molecular flexibility index (Phi) is 7.55. The minimum atomic E-state index is -1.76. The lowest BCUT2D eigenvalue weighted by Gasteiger charge is -2.34. The monoisotopic (exact) mass is 488 g/mol. The molecule has 2 N–H and O–H groups in total. The van der Waals surface area contributed by atoms with Gasteiger partial charge in [-0.25, -0.2) is 4.39 Å². The molecule has 8 nitrogen and oxygen atoms in total. The first-order chi connectivity index (χ1) is 16.3. The van der Waals surface area contributed by atoms with Crippen LogP contribution >= 0.6 is 11.8 Å². The fourth-order valence-electron chi connectivity index (χ4n) is 4.99. The van der Waals surface area contributed by atoms with Crippen LogP contribution < -0.4 is 4.90 Å². The van der Waals surface area contributed by atoms with Crippen molar-refractivity contribution in [3.63, 3.8) is 0 Å². The van der Waals surface area contributed by atoms with Crippen LogP contribution in [0.5, 0.6) is 0 Å². The van der Waals surface area contributed by atoms with Crippen molar-refractivity contribution in [2.45, 2.75) is 56.1 Å². The number of aliphatic hydroxyl groups is 2. The van der Waals surface area contributed by atoms with Gasteiger partial charge in [-0.3, -0.25) is 14.6 Å². The Bertz CT molecular complexity index is 1020. The molecule has 1 aromatic carbocycles. The molecule has 0 radical (unpaired) electrons. The minimum Gasteiger partial charge on any atom is -0.382 e. The molecule has 10 heteroatoms. The van der Waals surface area contributed by atoms with Crippen molar-refractivity contribution in [1.82, 2.24) is 4.90 Å².